The summed E-state index contributed by atoms with van der Waals surface area (Å²) in [5.74, 6) is 1.75. The fourth-order valence-electron chi connectivity index (χ4n) is 5.28. The number of carbonyl (C=O) groups excluding carboxylic acids is 2. The maximum Gasteiger partial charge on any atom is 0.321 e. The van der Waals surface area contributed by atoms with Gasteiger partial charge in [0.05, 0.1) is 5.41 Å². The minimum absolute atomic E-state index is 0.0602. The predicted molar refractivity (Wildman–Crippen MR) is 129 cm³/mol. The van der Waals surface area contributed by atoms with Crippen molar-refractivity contribution in [2.45, 2.75) is 32.6 Å². The molecule has 0 radical (unpaired) electrons. The van der Waals surface area contributed by atoms with Gasteiger partial charge in [0.25, 0.3) is 0 Å². The van der Waals surface area contributed by atoms with E-state index >= 15 is 0 Å². The van der Waals surface area contributed by atoms with Crippen molar-refractivity contribution in [2.75, 3.05) is 42.9 Å². The van der Waals surface area contributed by atoms with Gasteiger partial charge < -0.3 is 20.4 Å². The molecule has 1 saturated carbocycles. The number of fused-ring (bicyclic) bond motifs is 1. The van der Waals surface area contributed by atoms with Crippen LogP contribution in [-0.4, -0.2) is 54.5 Å². The number of rotatable bonds is 5. The molecule has 1 aliphatic carbocycles. The van der Waals surface area contributed by atoms with Crippen LogP contribution in [0.1, 0.15) is 31.2 Å². The first-order valence-electron chi connectivity index (χ1n) is 12.1. The van der Waals surface area contributed by atoms with Crippen LogP contribution >= 0.6 is 0 Å². The van der Waals surface area contributed by atoms with E-state index in [0.29, 0.717) is 25.6 Å². The van der Waals surface area contributed by atoms with Crippen molar-refractivity contribution >= 4 is 23.4 Å². The number of pyridine rings is 1. The topological polar surface area (TPSA) is 77.6 Å². The quantitative estimate of drug-likeness (QED) is 0.733. The molecule has 3 heterocycles. The second kappa shape index (κ2) is 9.04. The molecule has 7 heteroatoms. The molecule has 0 bridgehead atoms. The van der Waals surface area contributed by atoms with Gasteiger partial charge in [-0.3, -0.25) is 4.79 Å². The minimum atomic E-state index is -0.495. The van der Waals surface area contributed by atoms with Crippen molar-refractivity contribution in [3.63, 3.8) is 0 Å². The normalized spacial score (nSPS) is 24.7. The fraction of sp³-hybridized carbons (Fsp3) is 0.500. The zero-order valence-electron chi connectivity index (χ0n) is 19.3. The molecular formula is C26H33N5O2. The smallest absolute Gasteiger partial charge is 0.321 e. The molecule has 33 heavy (non-hydrogen) atoms. The second-order valence-corrected chi connectivity index (χ2v) is 9.92. The Kier molecular flexibility index (Phi) is 5.96. The molecule has 5 rings (SSSR count). The lowest BCUT2D eigenvalue weighted by molar-refractivity contribution is -0.132. The first-order chi connectivity index (χ1) is 16.0. The molecule has 3 fully saturated rings. The van der Waals surface area contributed by atoms with E-state index in [9.17, 15) is 9.59 Å². The van der Waals surface area contributed by atoms with Crippen LogP contribution < -0.4 is 15.5 Å². The van der Waals surface area contributed by atoms with E-state index in [-0.39, 0.29) is 17.9 Å². The second-order valence-electron chi connectivity index (χ2n) is 9.92. The van der Waals surface area contributed by atoms with Crippen LogP contribution in [0.3, 0.4) is 0 Å². The van der Waals surface area contributed by atoms with E-state index in [1.807, 2.05) is 54.3 Å². The van der Waals surface area contributed by atoms with E-state index in [0.717, 1.165) is 43.0 Å². The maximum atomic E-state index is 13.6. The molecule has 2 saturated heterocycles. The zero-order chi connectivity index (χ0) is 22.8. The number of aromatic nitrogens is 1. The first kappa shape index (κ1) is 21.7. The van der Waals surface area contributed by atoms with Crippen LogP contribution in [0.2, 0.25) is 0 Å². The van der Waals surface area contributed by atoms with Crippen LogP contribution in [0.15, 0.2) is 48.7 Å². The van der Waals surface area contributed by atoms with Gasteiger partial charge in [-0.15, -0.1) is 0 Å². The van der Waals surface area contributed by atoms with Gasteiger partial charge in [0.1, 0.15) is 5.82 Å². The molecule has 2 atom stereocenters. The van der Waals surface area contributed by atoms with Gasteiger partial charge in [-0.25, -0.2) is 9.78 Å². The number of anilines is 2. The van der Waals surface area contributed by atoms with Gasteiger partial charge in [0.15, 0.2) is 0 Å². The van der Waals surface area contributed by atoms with Gasteiger partial charge in [-0.2, -0.15) is 0 Å². The molecule has 1 aromatic heterocycles. The summed E-state index contributed by atoms with van der Waals surface area (Å²) in [6.45, 7) is 5.41. The SMILES string of the molecule is Cc1ccc(NC(=O)N2CCC[C@]3(C(=O)NCC4CC4)CN(c4ccccn4)C[C@@H]3C2)cc1. The van der Waals surface area contributed by atoms with Crippen molar-refractivity contribution in [2.24, 2.45) is 17.3 Å². The Bertz CT molecular complexity index is 992. The van der Waals surface area contributed by atoms with Crippen LogP contribution in [0, 0.1) is 24.2 Å². The van der Waals surface area contributed by atoms with Crippen LogP contribution in [0.25, 0.3) is 0 Å². The number of urea groups is 1. The number of amides is 3. The van der Waals surface area contributed by atoms with E-state index in [1.54, 1.807) is 6.20 Å². The van der Waals surface area contributed by atoms with Crippen LogP contribution in [-0.2, 0) is 4.79 Å². The Balaban J connectivity index is 1.35. The van der Waals surface area contributed by atoms with E-state index in [4.69, 9.17) is 0 Å². The summed E-state index contributed by atoms with van der Waals surface area (Å²) >= 11 is 0. The minimum Gasteiger partial charge on any atom is -0.355 e. The average molecular weight is 448 g/mol. The Hall–Kier alpha value is -3.09. The summed E-state index contributed by atoms with van der Waals surface area (Å²) in [6, 6.07) is 13.7. The Morgan fingerprint density at radius 1 is 1.12 bits per heavy atom. The third-order valence-electron chi connectivity index (χ3n) is 7.45. The monoisotopic (exact) mass is 447 g/mol. The number of nitrogens with one attached hydrogen (secondary N) is 2. The van der Waals surface area contributed by atoms with Crippen molar-refractivity contribution in [3.8, 4) is 0 Å². The summed E-state index contributed by atoms with van der Waals surface area (Å²) < 4.78 is 0. The van der Waals surface area contributed by atoms with E-state index < -0.39 is 5.41 Å². The molecule has 3 amide bonds. The van der Waals surface area contributed by atoms with E-state index in [2.05, 4.69) is 20.5 Å². The standard InChI is InChI=1S/C26H33N5O2/c1-19-6-10-22(11-7-19)29-25(33)30-14-4-12-26(24(32)28-15-20-8-9-20)18-31(17-21(26)16-30)23-5-2-3-13-27-23/h2-3,5-7,10-11,13,20-21H,4,8-9,12,14-18H2,1H3,(H,28,32)(H,29,33)/t21-,26-/m0/s1. The summed E-state index contributed by atoms with van der Waals surface area (Å²) in [4.78, 5) is 35.4. The third kappa shape index (κ3) is 4.68. The molecule has 3 aliphatic rings. The molecule has 7 nitrogen and oxygen atoms in total. The van der Waals surface area contributed by atoms with Gasteiger partial charge in [0.2, 0.25) is 5.91 Å². The van der Waals surface area contributed by atoms with Crippen molar-refractivity contribution in [3.05, 3.63) is 54.2 Å². The van der Waals surface area contributed by atoms with Crippen molar-refractivity contribution < 1.29 is 9.59 Å². The molecule has 2 aliphatic heterocycles. The molecule has 174 valence electrons. The Morgan fingerprint density at radius 2 is 1.94 bits per heavy atom. The van der Waals surface area contributed by atoms with E-state index in [1.165, 1.54) is 12.8 Å². The lowest BCUT2D eigenvalue weighted by atomic mass is 9.74. The highest BCUT2D eigenvalue weighted by Gasteiger charge is 2.53. The molecule has 0 spiro atoms. The highest BCUT2D eigenvalue weighted by molar-refractivity contribution is 5.90. The highest BCUT2D eigenvalue weighted by atomic mass is 16.2. The predicted octanol–water partition coefficient (Wildman–Crippen LogP) is 3.67. The summed E-state index contributed by atoms with van der Waals surface area (Å²) in [5, 5.41) is 6.30. The number of nitrogens with zero attached hydrogens (tertiary/aromatic N) is 3. The Morgan fingerprint density at radius 3 is 2.67 bits per heavy atom. The molecular weight excluding hydrogens is 414 g/mol. The van der Waals surface area contributed by atoms with Gasteiger partial charge >= 0.3 is 6.03 Å². The van der Waals surface area contributed by atoms with Crippen molar-refractivity contribution in [1.82, 2.24) is 15.2 Å². The highest BCUT2D eigenvalue weighted by Crippen LogP contribution is 2.44. The third-order valence-corrected chi connectivity index (χ3v) is 7.45. The number of hydrogen-bond donors (Lipinski definition) is 2. The number of carbonyl (C=O) groups is 2. The molecule has 1 aromatic carbocycles. The zero-order valence-corrected chi connectivity index (χ0v) is 19.3. The maximum absolute atomic E-state index is 13.6. The van der Waals surface area contributed by atoms with Gasteiger partial charge in [-0.1, -0.05) is 23.8 Å². The number of aryl methyl sites for hydroxylation is 1. The number of hydrogen-bond acceptors (Lipinski definition) is 4. The first-order valence-corrected chi connectivity index (χ1v) is 12.1. The van der Waals surface area contributed by atoms with Gasteiger partial charge in [-0.05, 0) is 62.8 Å². The summed E-state index contributed by atoms with van der Waals surface area (Å²) in [5.41, 5.74) is 1.46. The lowest BCUT2D eigenvalue weighted by Crippen LogP contribution is -2.49. The average Bonchev–Trinajstić information content (AvgIpc) is 3.62. The van der Waals surface area contributed by atoms with Crippen LogP contribution in [0.4, 0.5) is 16.3 Å². The Labute approximate surface area is 195 Å². The summed E-state index contributed by atoms with van der Waals surface area (Å²) in [6.07, 6.45) is 5.81. The number of benzene rings is 1. The largest absolute Gasteiger partial charge is 0.355 e. The fourth-order valence-corrected chi connectivity index (χ4v) is 5.28. The lowest BCUT2D eigenvalue weighted by Gasteiger charge is -2.32. The summed E-state index contributed by atoms with van der Waals surface area (Å²) in [7, 11) is 0. The molecule has 2 aromatic rings. The van der Waals surface area contributed by atoms with Gasteiger partial charge in [0, 0.05) is 50.5 Å². The number of likely N-dealkylation sites (tertiary alicyclic amines) is 1. The van der Waals surface area contributed by atoms with Crippen LogP contribution in [0.5, 0.6) is 0 Å². The van der Waals surface area contributed by atoms with Crippen molar-refractivity contribution in [1.29, 1.82) is 0 Å². The molecule has 0 unspecified atom stereocenters. The molecule has 2 N–H and O–H groups in total.